The number of carboxylic acid groups (broad SMARTS) is 1. The third kappa shape index (κ3) is 5.72. The summed E-state index contributed by atoms with van der Waals surface area (Å²) in [5, 5.41) is 21.4. The van der Waals surface area contributed by atoms with E-state index in [2.05, 4.69) is 5.32 Å². The Labute approximate surface area is 113 Å². The van der Waals surface area contributed by atoms with Crippen molar-refractivity contribution in [1.82, 2.24) is 5.32 Å². The second-order valence-corrected chi connectivity index (χ2v) is 4.69. The van der Waals surface area contributed by atoms with Crippen LogP contribution in [0.1, 0.15) is 24.2 Å². The number of rotatable bonds is 8. The fraction of sp³-hybridized carbons (Fsp3) is 0.500. The van der Waals surface area contributed by atoms with Gasteiger partial charge in [0.05, 0.1) is 11.7 Å². The van der Waals surface area contributed by atoms with Gasteiger partial charge in [0.1, 0.15) is 12.4 Å². The molecule has 0 fully saturated rings. The molecule has 106 valence electrons. The summed E-state index contributed by atoms with van der Waals surface area (Å²) in [4.78, 5) is 10.7. The highest BCUT2D eigenvalue weighted by Crippen LogP contribution is 2.11. The predicted molar refractivity (Wildman–Crippen MR) is 72.6 cm³/mol. The van der Waals surface area contributed by atoms with Crippen molar-refractivity contribution in [3.63, 3.8) is 0 Å². The summed E-state index contributed by atoms with van der Waals surface area (Å²) in [7, 11) is 0. The quantitative estimate of drug-likeness (QED) is 0.620. The lowest BCUT2D eigenvalue weighted by molar-refractivity contribution is 0.0697. The summed E-state index contributed by atoms with van der Waals surface area (Å²) in [5.74, 6) is -0.0796. The average Bonchev–Trinajstić information content (AvgIpc) is 2.38. The molecule has 0 aliphatic heterocycles. The highest BCUT2D eigenvalue weighted by atomic mass is 16.5. The van der Waals surface area contributed by atoms with Gasteiger partial charge < -0.3 is 20.3 Å². The van der Waals surface area contributed by atoms with Crippen LogP contribution in [0.25, 0.3) is 0 Å². The molecule has 1 unspecified atom stereocenters. The maximum absolute atomic E-state index is 10.7. The smallest absolute Gasteiger partial charge is 0.335 e. The molecule has 1 aromatic rings. The fourth-order valence-corrected chi connectivity index (χ4v) is 1.42. The van der Waals surface area contributed by atoms with Crippen molar-refractivity contribution in [3.8, 4) is 5.75 Å². The van der Waals surface area contributed by atoms with Gasteiger partial charge in [-0.2, -0.15) is 0 Å². The van der Waals surface area contributed by atoms with Gasteiger partial charge in [0.15, 0.2) is 0 Å². The Bertz CT molecular complexity index is 389. The van der Waals surface area contributed by atoms with Crippen molar-refractivity contribution in [2.45, 2.75) is 20.0 Å². The second kappa shape index (κ2) is 7.76. The molecular weight excluding hydrogens is 246 g/mol. The maximum Gasteiger partial charge on any atom is 0.335 e. The molecule has 0 heterocycles. The number of aliphatic hydroxyl groups is 1. The molecule has 0 saturated carbocycles. The molecular formula is C14H21NO4. The number of hydrogen-bond acceptors (Lipinski definition) is 4. The fourth-order valence-electron chi connectivity index (χ4n) is 1.42. The van der Waals surface area contributed by atoms with Gasteiger partial charge in [-0.1, -0.05) is 13.8 Å². The number of aromatic carboxylic acids is 1. The minimum atomic E-state index is -0.948. The van der Waals surface area contributed by atoms with Crippen molar-refractivity contribution in [2.75, 3.05) is 19.7 Å². The van der Waals surface area contributed by atoms with E-state index < -0.39 is 5.97 Å². The Hall–Kier alpha value is -1.59. The van der Waals surface area contributed by atoms with Crippen LogP contribution in [-0.2, 0) is 0 Å². The molecule has 1 aromatic carbocycles. The minimum absolute atomic E-state index is 0.233. The molecule has 3 N–H and O–H groups in total. The summed E-state index contributed by atoms with van der Waals surface area (Å²) in [6.45, 7) is 5.57. The Morgan fingerprint density at radius 3 is 2.47 bits per heavy atom. The van der Waals surface area contributed by atoms with Crippen molar-refractivity contribution < 1.29 is 19.7 Å². The molecule has 19 heavy (non-hydrogen) atoms. The number of carboxylic acids is 1. The minimum Gasteiger partial charge on any atom is -0.492 e. The third-order valence-electron chi connectivity index (χ3n) is 2.77. The van der Waals surface area contributed by atoms with Crippen LogP contribution >= 0.6 is 0 Å². The zero-order valence-electron chi connectivity index (χ0n) is 11.3. The van der Waals surface area contributed by atoms with Crippen molar-refractivity contribution >= 4 is 5.97 Å². The number of carbonyl (C=O) groups is 1. The lowest BCUT2D eigenvalue weighted by Gasteiger charge is -2.15. The lowest BCUT2D eigenvalue weighted by atomic mass is 10.1. The first kappa shape index (κ1) is 15.5. The Morgan fingerprint density at radius 2 is 1.95 bits per heavy atom. The topological polar surface area (TPSA) is 78.8 Å². The normalized spacial score (nSPS) is 12.4. The molecule has 0 aromatic heterocycles. The van der Waals surface area contributed by atoms with E-state index in [-0.39, 0.29) is 17.6 Å². The molecule has 0 spiro atoms. The zero-order valence-corrected chi connectivity index (χ0v) is 11.3. The SMILES string of the molecule is CC(C)C(O)CNCCOc1ccc(C(=O)O)cc1. The summed E-state index contributed by atoms with van der Waals surface area (Å²) in [5.41, 5.74) is 0.241. The first-order valence-corrected chi connectivity index (χ1v) is 6.35. The standard InChI is InChI=1S/C14H21NO4/c1-10(2)13(16)9-15-7-8-19-12-5-3-11(4-6-12)14(17)18/h3-6,10,13,15-16H,7-9H2,1-2H3,(H,17,18). The summed E-state index contributed by atoms with van der Waals surface area (Å²) in [6, 6.07) is 6.28. The largest absolute Gasteiger partial charge is 0.492 e. The molecule has 5 nitrogen and oxygen atoms in total. The molecule has 5 heteroatoms. The van der Waals surface area contributed by atoms with Gasteiger partial charge in [-0.25, -0.2) is 4.79 Å². The van der Waals surface area contributed by atoms with E-state index >= 15 is 0 Å². The average molecular weight is 267 g/mol. The van der Waals surface area contributed by atoms with E-state index in [1.54, 1.807) is 12.1 Å². The molecule has 0 amide bonds. The van der Waals surface area contributed by atoms with Gasteiger partial charge >= 0.3 is 5.97 Å². The van der Waals surface area contributed by atoms with Gasteiger partial charge in [-0.3, -0.25) is 0 Å². The van der Waals surface area contributed by atoms with Gasteiger partial charge in [-0.15, -0.1) is 0 Å². The Balaban J connectivity index is 2.21. The van der Waals surface area contributed by atoms with Crippen molar-refractivity contribution in [3.05, 3.63) is 29.8 Å². The van der Waals surface area contributed by atoms with Crippen molar-refractivity contribution in [1.29, 1.82) is 0 Å². The maximum atomic E-state index is 10.7. The first-order chi connectivity index (χ1) is 9.00. The van der Waals surface area contributed by atoms with Crippen LogP contribution in [0.3, 0.4) is 0 Å². The number of benzene rings is 1. The van der Waals surface area contributed by atoms with Crippen LogP contribution in [0, 0.1) is 5.92 Å². The molecule has 0 radical (unpaired) electrons. The number of aliphatic hydroxyl groups excluding tert-OH is 1. The summed E-state index contributed by atoms with van der Waals surface area (Å²) in [6.07, 6.45) is -0.352. The van der Waals surface area contributed by atoms with Crippen LogP contribution < -0.4 is 10.1 Å². The van der Waals surface area contributed by atoms with Crippen LogP contribution in [-0.4, -0.2) is 42.0 Å². The summed E-state index contributed by atoms with van der Waals surface area (Å²) < 4.78 is 5.45. The van der Waals surface area contributed by atoms with E-state index in [0.717, 1.165) is 0 Å². The Morgan fingerprint density at radius 1 is 1.32 bits per heavy atom. The molecule has 0 saturated heterocycles. The van der Waals surface area contributed by atoms with E-state index in [9.17, 15) is 9.90 Å². The van der Waals surface area contributed by atoms with Crippen LogP contribution in [0.5, 0.6) is 5.75 Å². The monoisotopic (exact) mass is 267 g/mol. The van der Waals surface area contributed by atoms with Crippen LogP contribution in [0.15, 0.2) is 24.3 Å². The van der Waals surface area contributed by atoms with Crippen LogP contribution in [0.2, 0.25) is 0 Å². The molecule has 0 aliphatic carbocycles. The number of ether oxygens (including phenoxy) is 1. The van der Waals surface area contributed by atoms with E-state index in [4.69, 9.17) is 9.84 Å². The zero-order chi connectivity index (χ0) is 14.3. The lowest BCUT2D eigenvalue weighted by Crippen LogP contribution is -2.33. The second-order valence-electron chi connectivity index (χ2n) is 4.69. The summed E-state index contributed by atoms with van der Waals surface area (Å²) >= 11 is 0. The van der Waals surface area contributed by atoms with E-state index in [1.165, 1.54) is 12.1 Å². The Kier molecular flexibility index (Phi) is 6.32. The number of nitrogens with one attached hydrogen (secondary N) is 1. The van der Waals surface area contributed by atoms with Gasteiger partial charge in [-0.05, 0) is 30.2 Å². The highest BCUT2D eigenvalue weighted by molar-refractivity contribution is 5.87. The molecule has 0 aliphatic rings. The molecule has 1 atom stereocenters. The molecule has 1 rings (SSSR count). The van der Waals surface area contributed by atoms with E-state index in [1.807, 2.05) is 13.8 Å². The van der Waals surface area contributed by atoms with Crippen LogP contribution in [0.4, 0.5) is 0 Å². The number of hydrogen-bond donors (Lipinski definition) is 3. The molecule has 0 bridgehead atoms. The van der Waals surface area contributed by atoms with E-state index in [0.29, 0.717) is 25.4 Å². The highest BCUT2D eigenvalue weighted by Gasteiger charge is 2.07. The third-order valence-corrected chi connectivity index (χ3v) is 2.77. The van der Waals surface area contributed by atoms with Gasteiger partial charge in [0.2, 0.25) is 0 Å². The van der Waals surface area contributed by atoms with Crippen molar-refractivity contribution in [2.24, 2.45) is 5.92 Å². The predicted octanol–water partition coefficient (Wildman–Crippen LogP) is 1.37. The van der Waals surface area contributed by atoms with Gasteiger partial charge in [0.25, 0.3) is 0 Å². The first-order valence-electron chi connectivity index (χ1n) is 6.35. The van der Waals surface area contributed by atoms with Gasteiger partial charge in [0, 0.05) is 13.1 Å².